The predicted octanol–water partition coefficient (Wildman–Crippen LogP) is -0.171. The fourth-order valence-electron chi connectivity index (χ4n) is 2.84. The molecule has 0 heterocycles. The predicted molar refractivity (Wildman–Crippen MR) is 103 cm³/mol. The second-order valence-corrected chi connectivity index (χ2v) is 6.30. The van der Waals surface area contributed by atoms with Crippen LogP contribution in [0.1, 0.15) is 17.5 Å². The van der Waals surface area contributed by atoms with Crippen LogP contribution in [-0.2, 0) is 16.0 Å². The van der Waals surface area contributed by atoms with Crippen molar-refractivity contribution < 1.29 is 29.5 Å². The van der Waals surface area contributed by atoms with Gasteiger partial charge in [0.05, 0.1) is 44.4 Å². The van der Waals surface area contributed by atoms with Gasteiger partial charge in [0, 0.05) is 6.42 Å². The summed E-state index contributed by atoms with van der Waals surface area (Å²) in [6.45, 7) is 0.441. The van der Waals surface area contributed by atoms with Crippen LogP contribution in [-0.4, -0.2) is 38.7 Å². The van der Waals surface area contributed by atoms with Gasteiger partial charge in [-0.25, -0.2) is 0 Å². The van der Waals surface area contributed by atoms with Crippen LogP contribution in [0.25, 0.3) is 0 Å². The number of amides is 1. The average Bonchev–Trinajstić information content (AvgIpc) is 2.73. The van der Waals surface area contributed by atoms with E-state index in [1.165, 1.54) is 0 Å². The molecule has 0 spiro atoms. The lowest BCUT2D eigenvalue weighted by Gasteiger charge is -2.17. The van der Waals surface area contributed by atoms with Crippen molar-refractivity contribution in [3.63, 3.8) is 0 Å². The number of nitrogens with zero attached hydrogens (tertiary/aromatic N) is 1. The first-order chi connectivity index (χ1) is 14.0. The van der Waals surface area contributed by atoms with E-state index in [0.717, 1.165) is 5.56 Å². The van der Waals surface area contributed by atoms with Crippen LogP contribution in [0.2, 0.25) is 0 Å². The van der Waals surface area contributed by atoms with Crippen LogP contribution in [0.3, 0.4) is 0 Å². The number of carboxylic acid groups (broad SMARTS) is 1. The Hall–Kier alpha value is -3.57. The quantitative estimate of drug-likeness (QED) is 0.573. The number of aliphatic carboxylic acids is 1. The summed E-state index contributed by atoms with van der Waals surface area (Å²) >= 11 is 0. The van der Waals surface area contributed by atoms with Crippen LogP contribution in [0, 0.1) is 11.3 Å². The van der Waals surface area contributed by atoms with E-state index in [-0.39, 0.29) is 6.42 Å². The summed E-state index contributed by atoms with van der Waals surface area (Å²) in [5.41, 5.74) is 1.61. The van der Waals surface area contributed by atoms with Crippen LogP contribution in [0.5, 0.6) is 11.5 Å². The number of benzene rings is 2. The third-order valence-electron chi connectivity index (χ3n) is 4.36. The molecule has 2 aromatic rings. The lowest BCUT2D eigenvalue weighted by Crippen LogP contribution is -2.93. The molecule has 0 saturated carbocycles. The van der Waals surface area contributed by atoms with Crippen LogP contribution >= 0.6 is 0 Å². The molecule has 2 rings (SSSR count). The molecule has 0 bridgehead atoms. The number of hydrogen-bond acceptors (Lipinski definition) is 6. The van der Waals surface area contributed by atoms with Gasteiger partial charge >= 0.3 is 0 Å². The normalized spacial score (nSPS) is 11.2. The largest absolute Gasteiger partial charge is 0.544 e. The molecular formula is C21H23N3O5. The molecule has 1 atom stereocenters. The van der Waals surface area contributed by atoms with Crippen molar-refractivity contribution >= 4 is 17.6 Å². The Morgan fingerprint density at radius 3 is 2.55 bits per heavy atom. The zero-order valence-corrected chi connectivity index (χ0v) is 16.3. The molecule has 29 heavy (non-hydrogen) atoms. The summed E-state index contributed by atoms with van der Waals surface area (Å²) in [5, 5.41) is 24.6. The van der Waals surface area contributed by atoms with Gasteiger partial charge in [-0.15, -0.1) is 0 Å². The van der Waals surface area contributed by atoms with Crippen molar-refractivity contribution in [1.29, 1.82) is 5.26 Å². The fraction of sp³-hybridized carbons (Fsp3) is 0.286. The van der Waals surface area contributed by atoms with E-state index in [1.807, 2.05) is 18.2 Å². The highest BCUT2D eigenvalue weighted by Crippen LogP contribution is 2.27. The molecule has 0 aromatic heterocycles. The van der Waals surface area contributed by atoms with Gasteiger partial charge < -0.3 is 30.0 Å². The summed E-state index contributed by atoms with van der Waals surface area (Å²) in [6.07, 6.45) is 0.303. The number of methoxy groups -OCH3 is 2. The number of carboxylic acids is 1. The van der Waals surface area contributed by atoms with Gasteiger partial charge in [0.25, 0.3) is 0 Å². The molecule has 2 aromatic carbocycles. The molecule has 0 saturated heterocycles. The van der Waals surface area contributed by atoms with E-state index >= 15 is 0 Å². The van der Waals surface area contributed by atoms with Gasteiger partial charge in [0.15, 0.2) is 11.5 Å². The lowest BCUT2D eigenvalue weighted by molar-refractivity contribution is -0.682. The molecule has 0 aliphatic rings. The standard InChI is InChI=1S/C21H23N3O5/c1-28-18-8-7-14(11-19(18)29-2)9-10-23-17(21(26)27)12-20(25)24-16-6-4-3-5-15(16)13-22/h3-8,11,17,23H,9-10,12H2,1-2H3,(H,24,25)(H,26,27)/t17-/m0/s1. The van der Waals surface area contributed by atoms with Gasteiger partial charge in [0.2, 0.25) is 5.91 Å². The van der Waals surface area contributed by atoms with Gasteiger partial charge in [-0.2, -0.15) is 5.26 Å². The molecule has 8 nitrogen and oxygen atoms in total. The monoisotopic (exact) mass is 397 g/mol. The van der Waals surface area contributed by atoms with E-state index in [1.54, 1.807) is 49.9 Å². The summed E-state index contributed by atoms with van der Waals surface area (Å²) < 4.78 is 10.4. The minimum Gasteiger partial charge on any atom is -0.544 e. The van der Waals surface area contributed by atoms with Crippen molar-refractivity contribution in [2.45, 2.75) is 18.9 Å². The lowest BCUT2D eigenvalue weighted by atomic mass is 10.1. The summed E-state index contributed by atoms with van der Waals surface area (Å²) in [7, 11) is 3.10. The Kier molecular flexibility index (Phi) is 8.00. The second kappa shape index (κ2) is 10.7. The van der Waals surface area contributed by atoms with Crippen molar-refractivity contribution in [1.82, 2.24) is 0 Å². The molecule has 3 N–H and O–H groups in total. The van der Waals surface area contributed by atoms with Crippen LogP contribution < -0.4 is 25.2 Å². The Morgan fingerprint density at radius 1 is 1.17 bits per heavy atom. The van der Waals surface area contributed by atoms with E-state index in [4.69, 9.17) is 14.7 Å². The number of ether oxygens (including phenoxy) is 2. The van der Waals surface area contributed by atoms with E-state index in [0.29, 0.717) is 35.7 Å². The minimum absolute atomic E-state index is 0.270. The number of anilines is 1. The first kappa shape index (κ1) is 21.7. The molecule has 1 amide bonds. The maximum Gasteiger partial charge on any atom is 0.230 e. The van der Waals surface area contributed by atoms with Crippen LogP contribution in [0.15, 0.2) is 42.5 Å². The molecule has 0 fully saturated rings. The van der Waals surface area contributed by atoms with E-state index < -0.39 is 17.9 Å². The van der Waals surface area contributed by atoms with Gasteiger partial charge in [-0.1, -0.05) is 18.2 Å². The van der Waals surface area contributed by atoms with E-state index in [2.05, 4.69) is 5.32 Å². The zero-order valence-electron chi connectivity index (χ0n) is 16.3. The third-order valence-corrected chi connectivity index (χ3v) is 4.36. The van der Waals surface area contributed by atoms with E-state index in [9.17, 15) is 14.7 Å². The first-order valence-corrected chi connectivity index (χ1v) is 9.02. The Balaban J connectivity index is 1.92. The smallest absolute Gasteiger partial charge is 0.230 e. The highest BCUT2D eigenvalue weighted by Gasteiger charge is 2.19. The van der Waals surface area contributed by atoms with Crippen molar-refractivity contribution in [2.24, 2.45) is 0 Å². The molecule has 0 unspecified atom stereocenters. The van der Waals surface area contributed by atoms with Gasteiger partial charge in [-0.05, 0) is 29.8 Å². The maximum atomic E-state index is 12.2. The SMILES string of the molecule is COc1ccc(CC[NH2+][C@@H](CC(=O)Nc2ccccc2C#N)C(=O)[O-])cc1OC. The number of nitriles is 1. The minimum atomic E-state index is -1.32. The molecule has 0 aliphatic heterocycles. The highest BCUT2D eigenvalue weighted by molar-refractivity contribution is 5.94. The average molecular weight is 397 g/mol. The molecule has 152 valence electrons. The number of nitrogens with two attached hydrogens (primary N) is 1. The molecule has 0 radical (unpaired) electrons. The topological polar surface area (TPSA) is 128 Å². The first-order valence-electron chi connectivity index (χ1n) is 9.02. The van der Waals surface area contributed by atoms with Gasteiger partial charge in [0.1, 0.15) is 12.1 Å². The summed E-state index contributed by atoms with van der Waals surface area (Å²) in [4.78, 5) is 23.6. The second-order valence-electron chi connectivity index (χ2n) is 6.30. The van der Waals surface area contributed by atoms with Gasteiger partial charge in [-0.3, -0.25) is 4.79 Å². The number of nitrogens with one attached hydrogen (secondary N) is 1. The Labute approximate surface area is 169 Å². The number of rotatable bonds is 10. The number of hydrogen-bond donors (Lipinski definition) is 2. The summed E-state index contributed by atoms with van der Waals surface area (Å²) in [5.74, 6) is -0.607. The summed E-state index contributed by atoms with van der Waals surface area (Å²) in [6, 6.07) is 12.9. The maximum absolute atomic E-state index is 12.2. The van der Waals surface area contributed by atoms with Crippen molar-refractivity contribution in [2.75, 3.05) is 26.1 Å². The highest BCUT2D eigenvalue weighted by atomic mass is 16.5. The Bertz CT molecular complexity index is 907. The van der Waals surface area contributed by atoms with Crippen molar-refractivity contribution in [3.8, 4) is 17.6 Å². The zero-order chi connectivity index (χ0) is 21.2. The molecule has 8 heteroatoms. The fourth-order valence-corrected chi connectivity index (χ4v) is 2.84. The Morgan fingerprint density at radius 2 is 1.90 bits per heavy atom. The third kappa shape index (κ3) is 6.23. The van der Waals surface area contributed by atoms with Crippen LogP contribution in [0.4, 0.5) is 5.69 Å². The number of para-hydroxylation sites is 1. The molecule has 0 aliphatic carbocycles. The number of carbonyl (C=O) groups excluding carboxylic acids is 2. The molecular weight excluding hydrogens is 374 g/mol. The van der Waals surface area contributed by atoms with Crippen molar-refractivity contribution in [3.05, 3.63) is 53.6 Å². The number of quaternary nitrogens is 1. The number of carbonyl (C=O) groups is 2.